The van der Waals surface area contributed by atoms with E-state index in [2.05, 4.69) is 27.0 Å². The highest BCUT2D eigenvalue weighted by atomic mass is 79.9. The van der Waals surface area contributed by atoms with Crippen LogP contribution in [0.25, 0.3) is 5.57 Å². The van der Waals surface area contributed by atoms with Crippen LogP contribution in [0.4, 0.5) is 0 Å². The number of thiazole rings is 1. The third-order valence-electron chi connectivity index (χ3n) is 1.72. The van der Waals surface area contributed by atoms with Crippen molar-refractivity contribution in [3.8, 4) is 0 Å². The molecule has 64 valence electrons. The second kappa shape index (κ2) is 3.68. The Morgan fingerprint density at radius 3 is 3.08 bits per heavy atom. The van der Waals surface area contributed by atoms with E-state index in [1.54, 1.807) is 11.3 Å². The van der Waals surface area contributed by atoms with Gasteiger partial charge in [-0.25, -0.2) is 4.98 Å². The number of hydrogen-bond donors (Lipinski definition) is 0. The molecule has 0 fully saturated rings. The third kappa shape index (κ3) is 1.76. The van der Waals surface area contributed by atoms with Crippen LogP contribution in [0.3, 0.4) is 0 Å². The Morgan fingerprint density at radius 2 is 2.50 bits per heavy atom. The molecule has 0 radical (unpaired) electrons. The highest BCUT2D eigenvalue weighted by molar-refractivity contribution is 9.11. The van der Waals surface area contributed by atoms with Crippen LogP contribution in [0, 0.1) is 0 Å². The molecule has 0 unspecified atom stereocenters. The molecule has 0 N–H and O–H groups in total. The minimum Gasteiger partial charge on any atom is -0.377 e. The van der Waals surface area contributed by atoms with Crippen LogP contribution in [-0.2, 0) is 4.74 Å². The lowest BCUT2D eigenvalue weighted by molar-refractivity contribution is 0.161. The second-order valence-corrected chi connectivity index (χ2v) is 4.93. The number of aromatic nitrogens is 1. The van der Waals surface area contributed by atoms with Crippen LogP contribution in [0.5, 0.6) is 0 Å². The highest BCUT2D eigenvalue weighted by Crippen LogP contribution is 2.28. The van der Waals surface area contributed by atoms with Crippen molar-refractivity contribution in [3.05, 3.63) is 21.1 Å². The lowest BCUT2D eigenvalue weighted by Gasteiger charge is -2.10. The van der Waals surface area contributed by atoms with Crippen molar-refractivity contribution in [2.24, 2.45) is 0 Å². The smallest absolute Gasteiger partial charge is 0.120 e. The quantitative estimate of drug-likeness (QED) is 0.760. The average molecular weight is 246 g/mol. The van der Waals surface area contributed by atoms with Crippen LogP contribution >= 0.6 is 27.3 Å². The predicted molar refractivity (Wildman–Crippen MR) is 53.2 cm³/mol. The standard InChI is InChI=1S/C8H8BrNOS/c9-7-5-10-8(12-7)6-1-3-11-4-2-6/h1,5H,2-4H2. The first-order valence-corrected chi connectivity index (χ1v) is 5.36. The minimum absolute atomic E-state index is 0.729. The molecule has 0 spiro atoms. The Bertz CT molecular complexity index is 308. The first kappa shape index (κ1) is 8.41. The zero-order chi connectivity index (χ0) is 8.39. The Balaban J connectivity index is 2.23. The molecule has 1 aliphatic heterocycles. The van der Waals surface area contributed by atoms with Gasteiger partial charge in [-0.3, -0.25) is 0 Å². The maximum atomic E-state index is 5.22. The zero-order valence-corrected chi connectivity index (χ0v) is 8.82. The van der Waals surface area contributed by atoms with E-state index in [0.717, 1.165) is 28.4 Å². The van der Waals surface area contributed by atoms with Crippen molar-refractivity contribution < 1.29 is 4.74 Å². The van der Waals surface area contributed by atoms with E-state index in [9.17, 15) is 0 Å². The van der Waals surface area contributed by atoms with E-state index in [-0.39, 0.29) is 0 Å². The Hall–Kier alpha value is -0.190. The van der Waals surface area contributed by atoms with Gasteiger partial charge in [0.2, 0.25) is 0 Å². The summed E-state index contributed by atoms with van der Waals surface area (Å²) in [5.41, 5.74) is 1.32. The van der Waals surface area contributed by atoms with Crippen molar-refractivity contribution in [1.29, 1.82) is 0 Å². The molecule has 0 aliphatic carbocycles. The summed E-state index contributed by atoms with van der Waals surface area (Å²) in [7, 11) is 0. The molecule has 2 heterocycles. The first-order chi connectivity index (χ1) is 5.86. The summed E-state index contributed by atoms with van der Waals surface area (Å²) in [6.45, 7) is 1.55. The van der Waals surface area contributed by atoms with E-state index in [1.165, 1.54) is 5.57 Å². The van der Waals surface area contributed by atoms with E-state index in [4.69, 9.17) is 4.74 Å². The molecular weight excluding hydrogens is 238 g/mol. The monoisotopic (exact) mass is 245 g/mol. The molecule has 0 atom stereocenters. The van der Waals surface area contributed by atoms with Gasteiger partial charge >= 0.3 is 0 Å². The summed E-state index contributed by atoms with van der Waals surface area (Å²) >= 11 is 5.07. The summed E-state index contributed by atoms with van der Waals surface area (Å²) in [6, 6.07) is 0. The molecule has 0 amide bonds. The average Bonchev–Trinajstić information content (AvgIpc) is 2.54. The van der Waals surface area contributed by atoms with Gasteiger partial charge in [0.1, 0.15) is 5.01 Å². The first-order valence-electron chi connectivity index (χ1n) is 3.75. The molecule has 0 saturated heterocycles. The van der Waals surface area contributed by atoms with Crippen LogP contribution in [0.15, 0.2) is 16.1 Å². The summed E-state index contributed by atoms with van der Waals surface area (Å²) < 4.78 is 6.30. The van der Waals surface area contributed by atoms with E-state index in [0.29, 0.717) is 0 Å². The van der Waals surface area contributed by atoms with Gasteiger partial charge in [-0.1, -0.05) is 6.08 Å². The van der Waals surface area contributed by atoms with Gasteiger partial charge in [0.25, 0.3) is 0 Å². The molecule has 2 rings (SSSR count). The third-order valence-corrected chi connectivity index (χ3v) is 3.27. The molecule has 4 heteroatoms. The van der Waals surface area contributed by atoms with E-state index >= 15 is 0 Å². The number of halogens is 1. The lowest BCUT2D eigenvalue weighted by Crippen LogP contribution is -2.03. The number of nitrogens with zero attached hydrogens (tertiary/aromatic N) is 1. The fourth-order valence-electron chi connectivity index (χ4n) is 1.12. The number of rotatable bonds is 1. The van der Waals surface area contributed by atoms with Crippen molar-refractivity contribution in [1.82, 2.24) is 4.98 Å². The summed E-state index contributed by atoms with van der Waals surface area (Å²) in [5.74, 6) is 0. The number of hydrogen-bond acceptors (Lipinski definition) is 3. The molecule has 1 aromatic rings. The van der Waals surface area contributed by atoms with Crippen molar-refractivity contribution in [2.75, 3.05) is 13.2 Å². The molecule has 12 heavy (non-hydrogen) atoms. The summed E-state index contributed by atoms with van der Waals surface area (Å²) in [5, 5.41) is 1.12. The molecule has 2 nitrogen and oxygen atoms in total. The van der Waals surface area contributed by atoms with Crippen LogP contribution in [0.1, 0.15) is 11.4 Å². The van der Waals surface area contributed by atoms with Gasteiger partial charge in [-0.05, 0) is 27.9 Å². The topological polar surface area (TPSA) is 22.1 Å². The van der Waals surface area contributed by atoms with Gasteiger partial charge in [0.05, 0.1) is 23.2 Å². The molecule has 0 saturated carbocycles. The molecule has 1 aromatic heterocycles. The van der Waals surface area contributed by atoms with Crippen LogP contribution < -0.4 is 0 Å². The minimum atomic E-state index is 0.729. The zero-order valence-electron chi connectivity index (χ0n) is 6.42. The van der Waals surface area contributed by atoms with E-state index in [1.807, 2.05) is 6.20 Å². The maximum absolute atomic E-state index is 5.22. The molecule has 1 aliphatic rings. The van der Waals surface area contributed by atoms with Gasteiger partial charge in [0, 0.05) is 0 Å². The van der Waals surface area contributed by atoms with Gasteiger partial charge in [-0.15, -0.1) is 11.3 Å². The van der Waals surface area contributed by atoms with Gasteiger partial charge < -0.3 is 4.74 Å². The Morgan fingerprint density at radius 1 is 1.58 bits per heavy atom. The van der Waals surface area contributed by atoms with Crippen LogP contribution in [0.2, 0.25) is 0 Å². The Kier molecular flexibility index (Phi) is 2.58. The largest absolute Gasteiger partial charge is 0.377 e. The fourth-order valence-corrected chi connectivity index (χ4v) is 2.40. The second-order valence-electron chi connectivity index (χ2n) is 2.52. The molecular formula is C8H8BrNOS. The lowest BCUT2D eigenvalue weighted by atomic mass is 10.2. The van der Waals surface area contributed by atoms with Crippen LogP contribution in [-0.4, -0.2) is 18.2 Å². The summed E-state index contributed by atoms with van der Waals surface area (Å²) in [4.78, 5) is 4.29. The highest BCUT2D eigenvalue weighted by Gasteiger charge is 2.09. The SMILES string of the molecule is Brc1cnc(C2=CCOCC2)s1. The summed E-state index contributed by atoms with van der Waals surface area (Å²) in [6.07, 6.45) is 4.94. The fraction of sp³-hybridized carbons (Fsp3) is 0.375. The molecule has 0 aromatic carbocycles. The van der Waals surface area contributed by atoms with Crippen molar-refractivity contribution in [3.63, 3.8) is 0 Å². The van der Waals surface area contributed by atoms with Gasteiger partial charge in [-0.2, -0.15) is 0 Å². The number of ether oxygens (including phenoxy) is 1. The van der Waals surface area contributed by atoms with Crippen molar-refractivity contribution >= 4 is 32.8 Å². The van der Waals surface area contributed by atoms with E-state index < -0.39 is 0 Å². The van der Waals surface area contributed by atoms with Gasteiger partial charge in [0.15, 0.2) is 0 Å². The predicted octanol–water partition coefficient (Wildman–Crippen LogP) is 2.71. The normalized spacial score (nSPS) is 17.6. The maximum Gasteiger partial charge on any atom is 0.120 e. The van der Waals surface area contributed by atoms with Crippen molar-refractivity contribution in [2.45, 2.75) is 6.42 Å². The Labute approximate surface area is 83.4 Å². The molecule has 0 bridgehead atoms.